The van der Waals surface area contributed by atoms with Crippen LogP contribution in [0.2, 0.25) is 0 Å². The van der Waals surface area contributed by atoms with E-state index in [0.29, 0.717) is 12.2 Å². The van der Waals surface area contributed by atoms with Crippen LogP contribution in [0.25, 0.3) is 6.08 Å². The summed E-state index contributed by atoms with van der Waals surface area (Å²) in [6, 6.07) is 13.8. The van der Waals surface area contributed by atoms with Crippen LogP contribution in [0.3, 0.4) is 0 Å². The molecule has 0 unspecified atom stereocenters. The van der Waals surface area contributed by atoms with E-state index in [9.17, 15) is 9.18 Å². The van der Waals surface area contributed by atoms with Crippen molar-refractivity contribution >= 4 is 17.7 Å². The first-order chi connectivity index (χ1) is 9.66. The standard InChI is InChI=1S/C16H14FNO2/c17-15-11-13(8-9-14(15)16(19)20)18-10-4-7-12-5-2-1-3-6-12/h1-9,11,18H,10H2,(H,19,20). The third-order valence-corrected chi connectivity index (χ3v) is 2.73. The molecule has 2 aromatic rings. The molecule has 0 aliphatic rings. The van der Waals surface area contributed by atoms with Crippen LogP contribution in [0, 0.1) is 5.82 Å². The molecule has 20 heavy (non-hydrogen) atoms. The molecule has 0 bridgehead atoms. The van der Waals surface area contributed by atoms with E-state index in [2.05, 4.69) is 5.32 Å². The van der Waals surface area contributed by atoms with Gasteiger partial charge >= 0.3 is 5.97 Å². The molecule has 2 aromatic carbocycles. The number of rotatable bonds is 5. The largest absolute Gasteiger partial charge is 0.478 e. The first-order valence-electron chi connectivity index (χ1n) is 6.15. The Bertz CT molecular complexity index is 624. The summed E-state index contributed by atoms with van der Waals surface area (Å²) in [5.41, 5.74) is 1.31. The van der Waals surface area contributed by atoms with Gasteiger partial charge in [0.05, 0.1) is 5.56 Å². The van der Waals surface area contributed by atoms with Gasteiger partial charge in [-0.15, -0.1) is 0 Å². The summed E-state index contributed by atoms with van der Waals surface area (Å²) in [6.07, 6.45) is 3.87. The second-order valence-electron chi connectivity index (χ2n) is 4.19. The summed E-state index contributed by atoms with van der Waals surface area (Å²) >= 11 is 0. The molecule has 0 saturated heterocycles. The van der Waals surface area contributed by atoms with E-state index < -0.39 is 11.8 Å². The molecule has 2 rings (SSSR count). The molecule has 0 atom stereocenters. The normalized spacial score (nSPS) is 10.7. The highest BCUT2D eigenvalue weighted by atomic mass is 19.1. The molecule has 0 aliphatic heterocycles. The monoisotopic (exact) mass is 271 g/mol. The van der Waals surface area contributed by atoms with Gasteiger partial charge in [-0.3, -0.25) is 0 Å². The van der Waals surface area contributed by atoms with Crippen LogP contribution in [-0.4, -0.2) is 17.6 Å². The predicted molar refractivity (Wildman–Crippen MR) is 77.3 cm³/mol. The van der Waals surface area contributed by atoms with Crippen molar-refractivity contribution in [2.75, 3.05) is 11.9 Å². The first-order valence-corrected chi connectivity index (χ1v) is 6.15. The highest BCUT2D eigenvalue weighted by Crippen LogP contribution is 2.14. The zero-order chi connectivity index (χ0) is 14.4. The van der Waals surface area contributed by atoms with Crippen LogP contribution in [0.1, 0.15) is 15.9 Å². The maximum absolute atomic E-state index is 13.4. The second-order valence-corrected chi connectivity index (χ2v) is 4.19. The van der Waals surface area contributed by atoms with Crippen LogP contribution in [0.4, 0.5) is 10.1 Å². The van der Waals surface area contributed by atoms with E-state index in [1.54, 1.807) is 6.07 Å². The Morgan fingerprint density at radius 1 is 1.20 bits per heavy atom. The average molecular weight is 271 g/mol. The predicted octanol–water partition coefficient (Wildman–Crippen LogP) is 3.65. The summed E-state index contributed by atoms with van der Waals surface area (Å²) in [5.74, 6) is -2.01. The van der Waals surface area contributed by atoms with Crippen LogP contribution in [0.5, 0.6) is 0 Å². The minimum atomic E-state index is -1.27. The van der Waals surface area contributed by atoms with E-state index in [0.717, 1.165) is 5.56 Å². The molecular weight excluding hydrogens is 257 g/mol. The van der Waals surface area contributed by atoms with Gasteiger partial charge in [0.25, 0.3) is 0 Å². The molecule has 0 amide bonds. The Balaban J connectivity index is 1.93. The molecule has 0 radical (unpaired) electrons. The van der Waals surface area contributed by atoms with Crippen LogP contribution < -0.4 is 5.32 Å². The van der Waals surface area contributed by atoms with Crippen LogP contribution >= 0.6 is 0 Å². The number of hydrogen-bond acceptors (Lipinski definition) is 2. The maximum Gasteiger partial charge on any atom is 0.338 e. The Morgan fingerprint density at radius 2 is 1.95 bits per heavy atom. The number of benzene rings is 2. The van der Waals surface area contributed by atoms with Crippen LogP contribution in [-0.2, 0) is 0 Å². The SMILES string of the molecule is O=C(O)c1ccc(NCC=Cc2ccccc2)cc1F. The Kier molecular flexibility index (Phi) is 4.50. The summed E-state index contributed by atoms with van der Waals surface area (Å²) in [5, 5.41) is 11.7. The number of halogens is 1. The fourth-order valence-electron chi connectivity index (χ4n) is 1.73. The summed E-state index contributed by atoms with van der Waals surface area (Å²) in [6.45, 7) is 0.529. The van der Waals surface area contributed by atoms with Crippen molar-refractivity contribution in [3.63, 3.8) is 0 Å². The highest BCUT2D eigenvalue weighted by Gasteiger charge is 2.09. The van der Waals surface area contributed by atoms with Crippen molar-refractivity contribution in [1.29, 1.82) is 0 Å². The zero-order valence-corrected chi connectivity index (χ0v) is 10.7. The van der Waals surface area contributed by atoms with E-state index in [4.69, 9.17) is 5.11 Å². The third kappa shape index (κ3) is 3.68. The van der Waals surface area contributed by atoms with Crippen LogP contribution in [0.15, 0.2) is 54.6 Å². The molecule has 102 valence electrons. The fourth-order valence-corrected chi connectivity index (χ4v) is 1.73. The number of nitrogens with one attached hydrogen (secondary N) is 1. The van der Waals surface area contributed by atoms with Crippen molar-refractivity contribution in [2.24, 2.45) is 0 Å². The molecule has 0 aromatic heterocycles. The van der Waals surface area contributed by atoms with Gasteiger partial charge in [0.2, 0.25) is 0 Å². The smallest absolute Gasteiger partial charge is 0.338 e. The number of carboxylic acid groups (broad SMARTS) is 1. The Morgan fingerprint density at radius 3 is 2.60 bits per heavy atom. The number of aromatic carboxylic acids is 1. The summed E-state index contributed by atoms with van der Waals surface area (Å²) in [4.78, 5) is 10.7. The number of anilines is 1. The lowest BCUT2D eigenvalue weighted by Gasteiger charge is -2.04. The summed E-state index contributed by atoms with van der Waals surface area (Å²) < 4.78 is 13.4. The van der Waals surface area contributed by atoms with Crippen molar-refractivity contribution in [1.82, 2.24) is 0 Å². The van der Waals surface area contributed by atoms with Gasteiger partial charge in [0.15, 0.2) is 0 Å². The number of carbonyl (C=O) groups is 1. The van der Waals surface area contributed by atoms with E-state index >= 15 is 0 Å². The highest BCUT2D eigenvalue weighted by molar-refractivity contribution is 5.88. The quantitative estimate of drug-likeness (QED) is 0.872. The van der Waals surface area contributed by atoms with Crippen molar-refractivity contribution in [3.05, 3.63) is 71.6 Å². The minimum absolute atomic E-state index is 0.324. The lowest BCUT2D eigenvalue weighted by Crippen LogP contribution is -2.03. The molecule has 0 fully saturated rings. The van der Waals surface area contributed by atoms with Gasteiger partial charge in [-0.25, -0.2) is 9.18 Å². The van der Waals surface area contributed by atoms with E-state index in [1.807, 2.05) is 42.5 Å². The van der Waals surface area contributed by atoms with Gasteiger partial charge in [-0.2, -0.15) is 0 Å². The lowest BCUT2D eigenvalue weighted by molar-refractivity contribution is 0.0692. The van der Waals surface area contributed by atoms with Crippen molar-refractivity contribution in [2.45, 2.75) is 0 Å². The first kappa shape index (κ1) is 13.8. The third-order valence-electron chi connectivity index (χ3n) is 2.73. The minimum Gasteiger partial charge on any atom is -0.478 e. The van der Waals surface area contributed by atoms with Gasteiger partial charge in [-0.05, 0) is 23.8 Å². The molecule has 2 N–H and O–H groups in total. The molecule has 4 heteroatoms. The second kappa shape index (κ2) is 6.52. The number of carboxylic acids is 1. The van der Waals surface area contributed by atoms with Gasteiger partial charge < -0.3 is 10.4 Å². The summed E-state index contributed by atoms with van der Waals surface area (Å²) in [7, 11) is 0. The maximum atomic E-state index is 13.4. The Labute approximate surface area is 116 Å². The van der Waals surface area contributed by atoms with Gasteiger partial charge in [0, 0.05) is 12.2 Å². The molecule has 0 heterocycles. The van der Waals surface area contributed by atoms with Crippen molar-refractivity contribution < 1.29 is 14.3 Å². The molecular formula is C16H14FNO2. The zero-order valence-electron chi connectivity index (χ0n) is 10.7. The van der Waals surface area contributed by atoms with E-state index in [1.165, 1.54) is 12.1 Å². The van der Waals surface area contributed by atoms with E-state index in [-0.39, 0.29) is 5.56 Å². The van der Waals surface area contributed by atoms with Gasteiger partial charge in [-0.1, -0.05) is 42.5 Å². The molecule has 0 spiro atoms. The topological polar surface area (TPSA) is 49.3 Å². The van der Waals surface area contributed by atoms with Gasteiger partial charge in [0.1, 0.15) is 5.82 Å². The molecule has 0 aliphatic carbocycles. The number of hydrogen-bond donors (Lipinski definition) is 2. The fraction of sp³-hybridized carbons (Fsp3) is 0.0625. The van der Waals surface area contributed by atoms with Crippen molar-refractivity contribution in [3.8, 4) is 0 Å². The Hall–Kier alpha value is -2.62. The average Bonchev–Trinajstić information content (AvgIpc) is 2.44. The lowest BCUT2D eigenvalue weighted by atomic mass is 10.2. The molecule has 0 saturated carbocycles. The molecule has 3 nitrogen and oxygen atoms in total.